The molecule has 0 aromatic heterocycles. The van der Waals surface area contributed by atoms with Crippen molar-refractivity contribution in [3.63, 3.8) is 0 Å². The molecule has 11 heteroatoms. The third kappa shape index (κ3) is 15.4. The summed E-state index contributed by atoms with van der Waals surface area (Å²) in [6.07, 6.45) is 15.4. The predicted octanol–water partition coefficient (Wildman–Crippen LogP) is 2.03. The zero-order chi connectivity index (χ0) is 29.6. The first-order valence-corrected chi connectivity index (χ1v) is 12.6. The number of ether oxygens (including phenoxy) is 7. The molecular formula is C29H38N2O9. The number of rotatable bonds is 19. The summed E-state index contributed by atoms with van der Waals surface area (Å²) in [4.78, 5) is 24.2. The van der Waals surface area contributed by atoms with Gasteiger partial charge in [0.1, 0.15) is 25.4 Å². The van der Waals surface area contributed by atoms with Crippen LogP contribution in [0.1, 0.15) is 31.1 Å². The largest absolute Gasteiger partial charge is 0.477 e. The summed E-state index contributed by atoms with van der Waals surface area (Å²) in [6, 6.07) is 2.96. The molecule has 0 aliphatic heterocycles. The van der Waals surface area contributed by atoms with Gasteiger partial charge < -0.3 is 43.8 Å². The molecule has 0 atom stereocenters. The third-order valence-corrected chi connectivity index (χ3v) is 4.40. The highest BCUT2D eigenvalue weighted by molar-refractivity contribution is 5.95. The fourth-order valence-electron chi connectivity index (χ4n) is 2.84. The molecule has 0 saturated carbocycles. The van der Waals surface area contributed by atoms with E-state index in [0.29, 0.717) is 39.6 Å². The van der Waals surface area contributed by atoms with Crippen LogP contribution >= 0.6 is 0 Å². The number of nitrogens with one attached hydrogen (secondary N) is 2. The van der Waals surface area contributed by atoms with Gasteiger partial charge in [0.15, 0.2) is 11.5 Å². The van der Waals surface area contributed by atoms with Crippen LogP contribution in [-0.2, 0) is 18.9 Å². The number of benzene rings is 1. The van der Waals surface area contributed by atoms with E-state index < -0.39 is 17.6 Å². The molecule has 0 spiro atoms. The Bertz CT molecular complexity index is 1010. The van der Waals surface area contributed by atoms with Crippen molar-refractivity contribution in [2.24, 2.45) is 0 Å². The second-order valence-electron chi connectivity index (χ2n) is 8.80. The van der Waals surface area contributed by atoms with Crippen LogP contribution in [0, 0.1) is 37.0 Å². The average Bonchev–Trinajstić information content (AvgIpc) is 2.91. The second kappa shape index (κ2) is 19.9. The van der Waals surface area contributed by atoms with Crippen LogP contribution in [0.3, 0.4) is 0 Å². The van der Waals surface area contributed by atoms with E-state index in [9.17, 15) is 9.59 Å². The van der Waals surface area contributed by atoms with Crippen LogP contribution in [0.25, 0.3) is 0 Å². The first-order chi connectivity index (χ1) is 19.2. The predicted molar refractivity (Wildman–Crippen MR) is 148 cm³/mol. The van der Waals surface area contributed by atoms with Crippen molar-refractivity contribution in [1.29, 1.82) is 0 Å². The Labute approximate surface area is 236 Å². The Morgan fingerprint density at radius 1 is 0.725 bits per heavy atom. The van der Waals surface area contributed by atoms with Gasteiger partial charge in [-0.25, -0.2) is 4.79 Å². The maximum atomic E-state index is 12.7. The van der Waals surface area contributed by atoms with Crippen molar-refractivity contribution in [2.45, 2.75) is 26.4 Å². The van der Waals surface area contributed by atoms with Gasteiger partial charge in [0.2, 0.25) is 5.75 Å². The summed E-state index contributed by atoms with van der Waals surface area (Å²) in [7, 11) is 0. The number of carbonyl (C=O) groups is 2. The maximum Gasteiger partial charge on any atom is 0.407 e. The van der Waals surface area contributed by atoms with Crippen molar-refractivity contribution in [3.8, 4) is 54.3 Å². The molecular weight excluding hydrogens is 520 g/mol. The highest BCUT2D eigenvalue weighted by atomic mass is 16.6. The lowest BCUT2D eigenvalue weighted by Crippen LogP contribution is -2.34. The van der Waals surface area contributed by atoms with E-state index >= 15 is 0 Å². The van der Waals surface area contributed by atoms with E-state index in [2.05, 4.69) is 28.4 Å². The lowest BCUT2D eigenvalue weighted by molar-refractivity contribution is 0.0145. The standard InChI is InChI=1S/C29H38N2O9/c1-7-12-37-24-21-23(22-25(38-13-8-2)26(24)39-14-9-3)27(32)30-10-15-34-17-19-36-20-18-35-16-11-31-28(33)40-29(4,5)6/h1-3,21-22H,10-20H2,4-6H3,(H,30,32)(H,31,33). The van der Waals surface area contributed by atoms with E-state index in [1.54, 1.807) is 20.8 Å². The number of hydrogen-bond acceptors (Lipinski definition) is 9. The van der Waals surface area contributed by atoms with Crippen molar-refractivity contribution < 1.29 is 42.7 Å². The van der Waals surface area contributed by atoms with E-state index in [-0.39, 0.29) is 55.8 Å². The van der Waals surface area contributed by atoms with E-state index in [1.807, 2.05) is 0 Å². The summed E-state index contributed by atoms with van der Waals surface area (Å²) in [5.74, 6) is 7.27. The lowest BCUT2D eigenvalue weighted by Gasteiger charge is -2.19. The fraction of sp³-hybridized carbons (Fsp3) is 0.517. The van der Waals surface area contributed by atoms with Crippen LogP contribution in [0.15, 0.2) is 12.1 Å². The Kier molecular flexibility index (Phi) is 16.9. The van der Waals surface area contributed by atoms with Gasteiger partial charge in [-0.3, -0.25) is 4.79 Å². The van der Waals surface area contributed by atoms with Crippen LogP contribution in [-0.4, -0.2) is 90.2 Å². The summed E-state index contributed by atoms with van der Waals surface area (Å²) >= 11 is 0. The van der Waals surface area contributed by atoms with Gasteiger partial charge in [-0.2, -0.15) is 0 Å². The monoisotopic (exact) mass is 558 g/mol. The molecule has 2 amide bonds. The topological polar surface area (TPSA) is 123 Å². The molecule has 218 valence electrons. The first-order valence-electron chi connectivity index (χ1n) is 12.6. The molecule has 0 bridgehead atoms. The van der Waals surface area contributed by atoms with Crippen LogP contribution in [0.4, 0.5) is 4.79 Å². The van der Waals surface area contributed by atoms with E-state index in [0.717, 1.165) is 0 Å². The summed E-state index contributed by atoms with van der Waals surface area (Å²) in [5.41, 5.74) is -0.293. The van der Waals surface area contributed by atoms with Crippen molar-refractivity contribution in [3.05, 3.63) is 17.7 Å². The van der Waals surface area contributed by atoms with Crippen LogP contribution < -0.4 is 24.8 Å². The first kappa shape index (κ1) is 33.9. The highest BCUT2D eigenvalue weighted by Crippen LogP contribution is 2.39. The van der Waals surface area contributed by atoms with Gasteiger partial charge in [-0.15, -0.1) is 19.3 Å². The number of alkyl carbamates (subject to hydrolysis) is 1. The van der Waals surface area contributed by atoms with Gasteiger partial charge in [0.05, 0.1) is 39.6 Å². The molecule has 0 aliphatic carbocycles. The molecule has 0 unspecified atom stereocenters. The SMILES string of the molecule is C#CCOc1cc(C(=O)NCCOCCOCCOCCNC(=O)OC(C)(C)C)cc(OCC#C)c1OCC#C. The number of hydrogen-bond donors (Lipinski definition) is 2. The van der Waals surface area contributed by atoms with Crippen LogP contribution in [0.2, 0.25) is 0 Å². The minimum absolute atomic E-state index is 0.0498. The Hall–Kier alpha value is -4.08. The van der Waals surface area contributed by atoms with Crippen LogP contribution in [0.5, 0.6) is 17.2 Å². The highest BCUT2D eigenvalue weighted by Gasteiger charge is 2.19. The smallest absolute Gasteiger partial charge is 0.407 e. The molecule has 1 aromatic carbocycles. The summed E-state index contributed by atoms with van der Waals surface area (Å²) in [6.45, 7) is 7.87. The molecule has 1 rings (SSSR count). The fourth-order valence-corrected chi connectivity index (χ4v) is 2.84. The molecule has 0 heterocycles. The quantitative estimate of drug-likeness (QED) is 0.194. The molecule has 0 radical (unpaired) electrons. The zero-order valence-electron chi connectivity index (χ0n) is 23.3. The second-order valence-corrected chi connectivity index (χ2v) is 8.80. The molecule has 0 saturated heterocycles. The minimum atomic E-state index is -0.540. The molecule has 2 N–H and O–H groups in total. The number of terminal acetylenes is 3. The van der Waals surface area contributed by atoms with Crippen molar-refractivity contribution in [2.75, 3.05) is 72.6 Å². The van der Waals surface area contributed by atoms with Crippen molar-refractivity contribution in [1.82, 2.24) is 10.6 Å². The van der Waals surface area contributed by atoms with E-state index in [4.69, 9.17) is 52.4 Å². The normalized spacial score (nSPS) is 10.4. The maximum absolute atomic E-state index is 12.7. The summed E-state index contributed by atoms with van der Waals surface area (Å²) in [5, 5.41) is 5.35. The van der Waals surface area contributed by atoms with E-state index in [1.165, 1.54) is 12.1 Å². The van der Waals surface area contributed by atoms with Gasteiger partial charge >= 0.3 is 6.09 Å². The Morgan fingerprint density at radius 3 is 1.65 bits per heavy atom. The zero-order valence-corrected chi connectivity index (χ0v) is 23.3. The average molecular weight is 559 g/mol. The van der Waals surface area contributed by atoms with Gasteiger partial charge in [0, 0.05) is 18.7 Å². The molecule has 11 nitrogen and oxygen atoms in total. The van der Waals surface area contributed by atoms with Gasteiger partial charge in [-0.1, -0.05) is 17.8 Å². The molecule has 0 aliphatic rings. The molecule has 1 aromatic rings. The third-order valence-electron chi connectivity index (χ3n) is 4.40. The number of carbonyl (C=O) groups excluding carboxylic acids is 2. The van der Waals surface area contributed by atoms with Gasteiger partial charge in [0.25, 0.3) is 5.91 Å². The molecule has 40 heavy (non-hydrogen) atoms. The number of amides is 2. The molecule has 0 fully saturated rings. The lowest BCUT2D eigenvalue weighted by atomic mass is 10.1. The van der Waals surface area contributed by atoms with Crippen molar-refractivity contribution >= 4 is 12.0 Å². The Morgan fingerprint density at radius 2 is 1.18 bits per heavy atom. The summed E-state index contributed by atoms with van der Waals surface area (Å²) < 4.78 is 38.0. The van der Waals surface area contributed by atoms with Gasteiger partial charge in [-0.05, 0) is 32.9 Å². The Balaban J connectivity index is 2.33. The minimum Gasteiger partial charge on any atom is -0.477 e.